The molecule has 0 aliphatic rings. The van der Waals surface area contributed by atoms with Gasteiger partial charge in [0.2, 0.25) is 0 Å². The monoisotopic (exact) mass is 310 g/mol. The van der Waals surface area contributed by atoms with Gasteiger partial charge in [0.15, 0.2) is 0 Å². The molecule has 0 fully saturated rings. The summed E-state index contributed by atoms with van der Waals surface area (Å²) in [4.78, 5) is 17.1. The number of benzene rings is 1. The summed E-state index contributed by atoms with van der Waals surface area (Å²) in [7, 11) is 1.90. The van der Waals surface area contributed by atoms with E-state index in [0.717, 1.165) is 11.4 Å². The third-order valence-corrected chi connectivity index (χ3v) is 3.79. The van der Waals surface area contributed by atoms with Crippen molar-refractivity contribution in [2.24, 2.45) is 7.05 Å². The second-order valence-electron chi connectivity index (χ2n) is 5.41. The van der Waals surface area contributed by atoms with Crippen molar-refractivity contribution < 1.29 is 9.32 Å². The van der Waals surface area contributed by atoms with E-state index in [1.165, 1.54) is 0 Å². The molecule has 0 unspecified atom stereocenters. The zero-order valence-electron chi connectivity index (χ0n) is 13.3. The van der Waals surface area contributed by atoms with E-state index in [1.807, 2.05) is 48.1 Å². The van der Waals surface area contributed by atoms with Gasteiger partial charge in [-0.1, -0.05) is 35.5 Å². The van der Waals surface area contributed by atoms with Crippen molar-refractivity contribution in [3.63, 3.8) is 0 Å². The minimum Gasteiger partial charge on any atom is -0.361 e. The van der Waals surface area contributed by atoms with Crippen LogP contribution in [0.5, 0.6) is 0 Å². The normalized spacial score (nSPS) is 12.1. The summed E-state index contributed by atoms with van der Waals surface area (Å²) >= 11 is 0. The number of hydrogen-bond acceptors (Lipinski definition) is 4. The molecule has 1 aromatic carbocycles. The fourth-order valence-corrected chi connectivity index (χ4v) is 2.61. The summed E-state index contributed by atoms with van der Waals surface area (Å²) in [5.41, 5.74) is 2.01. The van der Waals surface area contributed by atoms with Crippen LogP contribution < -0.4 is 5.32 Å². The van der Waals surface area contributed by atoms with Gasteiger partial charge < -0.3 is 14.4 Å². The molecule has 3 aromatic rings. The molecular formula is C17H18N4O2. The Hall–Kier alpha value is -2.89. The van der Waals surface area contributed by atoms with E-state index in [0.29, 0.717) is 17.0 Å². The van der Waals surface area contributed by atoms with Crippen molar-refractivity contribution in [3.8, 4) is 0 Å². The Morgan fingerprint density at radius 1 is 1.26 bits per heavy atom. The molecule has 23 heavy (non-hydrogen) atoms. The highest BCUT2D eigenvalue weighted by Gasteiger charge is 2.24. The molecule has 1 amide bonds. The molecule has 3 rings (SSSR count). The molecule has 0 saturated carbocycles. The molecule has 118 valence electrons. The molecule has 6 nitrogen and oxygen atoms in total. The summed E-state index contributed by atoms with van der Waals surface area (Å²) in [6.45, 7) is 3.48. The molecule has 2 aromatic heterocycles. The van der Waals surface area contributed by atoms with E-state index in [1.54, 1.807) is 20.0 Å². The van der Waals surface area contributed by atoms with Crippen molar-refractivity contribution in [1.82, 2.24) is 20.0 Å². The topological polar surface area (TPSA) is 73.0 Å². The molecule has 0 aliphatic heterocycles. The van der Waals surface area contributed by atoms with E-state index < -0.39 is 0 Å². The molecule has 0 saturated heterocycles. The third kappa shape index (κ3) is 2.88. The maximum absolute atomic E-state index is 12.7. The van der Waals surface area contributed by atoms with Crippen LogP contribution in [0.25, 0.3) is 0 Å². The average Bonchev–Trinajstić information content (AvgIpc) is 3.11. The first-order chi connectivity index (χ1) is 11.1. The van der Waals surface area contributed by atoms with Gasteiger partial charge in [-0.25, -0.2) is 4.98 Å². The van der Waals surface area contributed by atoms with Crippen LogP contribution in [0.2, 0.25) is 0 Å². The van der Waals surface area contributed by atoms with Crippen molar-refractivity contribution >= 4 is 5.91 Å². The molecule has 0 aliphatic carbocycles. The van der Waals surface area contributed by atoms with E-state index in [9.17, 15) is 4.79 Å². The first kappa shape index (κ1) is 15.0. The first-order valence-corrected chi connectivity index (χ1v) is 7.34. The smallest absolute Gasteiger partial charge is 0.257 e. The summed E-state index contributed by atoms with van der Waals surface area (Å²) < 4.78 is 6.98. The lowest BCUT2D eigenvalue weighted by Crippen LogP contribution is -2.31. The summed E-state index contributed by atoms with van der Waals surface area (Å²) in [5.74, 6) is 1.04. The Morgan fingerprint density at radius 3 is 2.57 bits per heavy atom. The zero-order chi connectivity index (χ0) is 16.4. The van der Waals surface area contributed by atoms with Gasteiger partial charge in [0.05, 0.1) is 5.69 Å². The molecule has 6 heteroatoms. The average molecular weight is 310 g/mol. The van der Waals surface area contributed by atoms with E-state index in [2.05, 4.69) is 15.5 Å². The van der Waals surface area contributed by atoms with Crippen molar-refractivity contribution in [2.75, 3.05) is 0 Å². The second kappa shape index (κ2) is 6.08. The zero-order valence-corrected chi connectivity index (χ0v) is 13.3. The lowest BCUT2D eigenvalue weighted by molar-refractivity contribution is 0.0939. The van der Waals surface area contributed by atoms with Crippen LogP contribution in [0.1, 0.15) is 39.2 Å². The quantitative estimate of drug-likeness (QED) is 0.803. The Bertz CT molecular complexity index is 801. The minimum atomic E-state index is -0.350. The molecule has 0 radical (unpaired) electrons. The van der Waals surface area contributed by atoms with Gasteiger partial charge in [0, 0.05) is 19.4 Å². The van der Waals surface area contributed by atoms with Gasteiger partial charge in [-0.2, -0.15) is 0 Å². The van der Waals surface area contributed by atoms with Gasteiger partial charge in [0.1, 0.15) is 23.2 Å². The predicted octanol–water partition coefficient (Wildman–Crippen LogP) is 2.54. The second-order valence-corrected chi connectivity index (χ2v) is 5.41. The highest BCUT2D eigenvalue weighted by atomic mass is 16.5. The van der Waals surface area contributed by atoms with Crippen molar-refractivity contribution in [3.05, 3.63) is 71.1 Å². The maximum atomic E-state index is 12.7. The molecule has 0 spiro atoms. The molecule has 1 N–H and O–H groups in total. The number of aromatic nitrogens is 3. The molecule has 1 atom stereocenters. The van der Waals surface area contributed by atoms with Crippen LogP contribution in [0.15, 0.2) is 47.2 Å². The van der Waals surface area contributed by atoms with Gasteiger partial charge in [0.25, 0.3) is 5.91 Å². The lowest BCUT2D eigenvalue weighted by atomic mass is 10.1. The number of carbonyl (C=O) groups excluding carboxylic acids is 1. The third-order valence-electron chi connectivity index (χ3n) is 3.79. The van der Waals surface area contributed by atoms with Gasteiger partial charge in [-0.05, 0) is 19.4 Å². The SMILES string of the molecule is Cc1noc(C)c1C(=O)N[C@@H](c1ccccc1)c1nccn1C. The number of nitrogens with zero attached hydrogens (tertiary/aromatic N) is 3. The first-order valence-electron chi connectivity index (χ1n) is 7.34. The number of carbonyl (C=O) groups is 1. The number of rotatable bonds is 4. The standard InChI is InChI=1S/C17H18N4O2/c1-11-14(12(2)23-20-11)17(22)19-15(13-7-5-4-6-8-13)16-18-9-10-21(16)3/h4-10,15H,1-3H3,(H,19,22)/t15-/m0/s1. The van der Waals surface area contributed by atoms with E-state index >= 15 is 0 Å². The minimum absolute atomic E-state index is 0.224. The number of aryl methyl sites for hydroxylation is 3. The van der Waals surface area contributed by atoms with Crippen LogP contribution in [-0.2, 0) is 7.05 Å². The number of nitrogens with one attached hydrogen (secondary N) is 1. The Labute approximate surface area is 134 Å². The van der Waals surface area contributed by atoms with Crippen LogP contribution in [0.4, 0.5) is 0 Å². The predicted molar refractivity (Wildman–Crippen MR) is 84.9 cm³/mol. The Balaban J connectivity index is 1.97. The number of hydrogen-bond donors (Lipinski definition) is 1. The molecule has 2 heterocycles. The van der Waals surface area contributed by atoms with Gasteiger partial charge >= 0.3 is 0 Å². The lowest BCUT2D eigenvalue weighted by Gasteiger charge is -2.19. The highest BCUT2D eigenvalue weighted by molar-refractivity contribution is 5.96. The largest absolute Gasteiger partial charge is 0.361 e. The Morgan fingerprint density at radius 2 is 2.00 bits per heavy atom. The van der Waals surface area contributed by atoms with Crippen molar-refractivity contribution in [2.45, 2.75) is 19.9 Å². The van der Waals surface area contributed by atoms with Crippen LogP contribution in [0, 0.1) is 13.8 Å². The fraction of sp³-hybridized carbons (Fsp3) is 0.235. The van der Waals surface area contributed by atoms with E-state index in [-0.39, 0.29) is 11.9 Å². The van der Waals surface area contributed by atoms with Crippen LogP contribution >= 0.6 is 0 Å². The summed E-state index contributed by atoms with van der Waals surface area (Å²) in [6, 6.07) is 9.40. The van der Waals surface area contributed by atoms with Gasteiger partial charge in [-0.15, -0.1) is 0 Å². The highest BCUT2D eigenvalue weighted by Crippen LogP contribution is 2.22. The van der Waals surface area contributed by atoms with Crippen LogP contribution in [-0.4, -0.2) is 20.6 Å². The molecule has 0 bridgehead atoms. The molecular weight excluding hydrogens is 292 g/mol. The Kier molecular flexibility index (Phi) is 3.97. The number of amides is 1. The summed E-state index contributed by atoms with van der Waals surface area (Å²) in [5, 5.41) is 6.88. The van der Waals surface area contributed by atoms with Crippen LogP contribution in [0.3, 0.4) is 0 Å². The summed E-state index contributed by atoms with van der Waals surface area (Å²) in [6.07, 6.45) is 3.57. The van der Waals surface area contributed by atoms with Gasteiger partial charge in [-0.3, -0.25) is 4.79 Å². The number of imidazole rings is 1. The maximum Gasteiger partial charge on any atom is 0.257 e. The fourth-order valence-electron chi connectivity index (χ4n) is 2.61. The van der Waals surface area contributed by atoms with Crippen molar-refractivity contribution in [1.29, 1.82) is 0 Å². The van der Waals surface area contributed by atoms with E-state index in [4.69, 9.17) is 4.52 Å².